The first-order valence-electron chi connectivity index (χ1n) is 10.3. The van der Waals surface area contributed by atoms with Crippen LogP contribution in [0.1, 0.15) is 18.1 Å². The summed E-state index contributed by atoms with van der Waals surface area (Å²) in [5.41, 5.74) is 3.80. The van der Waals surface area contributed by atoms with Gasteiger partial charge in [-0.3, -0.25) is 0 Å². The molecule has 0 amide bonds. The molecule has 0 unspecified atom stereocenters. The number of hydrogen-bond acceptors (Lipinski definition) is 7. The first-order valence-corrected chi connectivity index (χ1v) is 10.3. The van der Waals surface area contributed by atoms with Gasteiger partial charge in [0.15, 0.2) is 11.6 Å². The zero-order valence-electron chi connectivity index (χ0n) is 17.2. The Morgan fingerprint density at radius 3 is 2.74 bits per heavy atom. The maximum absolute atomic E-state index is 14.8. The van der Waals surface area contributed by atoms with Crippen LogP contribution in [0.5, 0.6) is 11.6 Å². The minimum atomic E-state index is -0.368. The molecule has 0 spiro atoms. The van der Waals surface area contributed by atoms with Gasteiger partial charge in [0.05, 0.1) is 11.9 Å². The van der Waals surface area contributed by atoms with Crippen LogP contribution in [0.4, 0.5) is 21.7 Å². The number of benzene rings is 1. The molecule has 31 heavy (non-hydrogen) atoms. The molecule has 2 aromatic heterocycles. The van der Waals surface area contributed by atoms with Crippen LogP contribution in [-0.4, -0.2) is 41.1 Å². The van der Waals surface area contributed by atoms with Crippen LogP contribution in [0, 0.1) is 5.82 Å². The highest BCUT2D eigenvalue weighted by Gasteiger charge is 2.18. The van der Waals surface area contributed by atoms with Crippen molar-refractivity contribution in [2.24, 2.45) is 0 Å². The maximum atomic E-state index is 14.8. The van der Waals surface area contributed by atoms with Gasteiger partial charge in [-0.2, -0.15) is 0 Å². The lowest BCUT2D eigenvalue weighted by Crippen LogP contribution is -2.43. The monoisotopic (exact) mass is 418 g/mol. The number of nitrogens with one attached hydrogen (secondary N) is 2. The van der Waals surface area contributed by atoms with Gasteiger partial charge in [0, 0.05) is 37.8 Å². The Hall–Kier alpha value is -3.52. The number of pyridine rings is 1. The smallest absolute Gasteiger partial charge is 0.224 e. The van der Waals surface area contributed by atoms with Crippen molar-refractivity contribution in [3.05, 3.63) is 65.4 Å². The topological polar surface area (TPSA) is 75.2 Å². The Morgan fingerprint density at radius 1 is 1.06 bits per heavy atom. The lowest BCUT2D eigenvalue weighted by Gasteiger charge is -2.29. The van der Waals surface area contributed by atoms with E-state index in [-0.39, 0.29) is 17.4 Å². The first-order chi connectivity index (χ1) is 15.2. The van der Waals surface area contributed by atoms with Crippen molar-refractivity contribution in [1.82, 2.24) is 20.3 Å². The fourth-order valence-electron chi connectivity index (χ4n) is 3.88. The standard InChI is InChI=1S/C23H23FN6O/c1-15-10-16-2-4-19(23(24)18(16)11-15)31-22-12-21(27-14-28-22)29-20-5-3-17(13-26-20)30-8-6-25-7-9-30/h2-5,11-14,25H,6-10H2,1H3,(H,26,27,28,29). The summed E-state index contributed by atoms with van der Waals surface area (Å²) in [6, 6.07) is 9.11. The quantitative estimate of drug-likeness (QED) is 0.651. The summed E-state index contributed by atoms with van der Waals surface area (Å²) in [7, 11) is 0. The van der Waals surface area contributed by atoms with Crippen LogP contribution in [-0.2, 0) is 6.42 Å². The second-order valence-corrected chi connectivity index (χ2v) is 7.73. The van der Waals surface area contributed by atoms with Gasteiger partial charge in [-0.1, -0.05) is 17.7 Å². The number of fused-ring (bicyclic) bond motifs is 1. The number of halogens is 1. The van der Waals surface area contributed by atoms with Crippen LogP contribution in [0.25, 0.3) is 6.08 Å². The molecule has 1 fully saturated rings. The highest BCUT2D eigenvalue weighted by Crippen LogP contribution is 2.34. The summed E-state index contributed by atoms with van der Waals surface area (Å²) >= 11 is 0. The number of aromatic nitrogens is 3. The Morgan fingerprint density at radius 2 is 1.94 bits per heavy atom. The first kappa shape index (κ1) is 19.4. The summed E-state index contributed by atoms with van der Waals surface area (Å²) in [6.07, 6.45) is 5.86. The number of piperazine rings is 1. The number of anilines is 3. The van der Waals surface area contributed by atoms with Crippen molar-refractivity contribution in [1.29, 1.82) is 0 Å². The second kappa shape index (κ2) is 8.31. The van der Waals surface area contributed by atoms with E-state index >= 15 is 0 Å². The van der Waals surface area contributed by atoms with Crippen molar-refractivity contribution in [3.63, 3.8) is 0 Å². The van der Waals surface area contributed by atoms with Crippen LogP contribution >= 0.6 is 0 Å². The zero-order chi connectivity index (χ0) is 21.2. The highest BCUT2D eigenvalue weighted by atomic mass is 19.1. The van der Waals surface area contributed by atoms with Gasteiger partial charge in [0.2, 0.25) is 5.88 Å². The van der Waals surface area contributed by atoms with Gasteiger partial charge in [0.25, 0.3) is 0 Å². The van der Waals surface area contributed by atoms with Crippen molar-refractivity contribution >= 4 is 23.4 Å². The van der Waals surface area contributed by atoms with Crippen LogP contribution in [0.15, 0.2) is 48.4 Å². The number of rotatable bonds is 5. The Kier molecular flexibility index (Phi) is 5.21. The van der Waals surface area contributed by atoms with E-state index in [9.17, 15) is 4.39 Å². The molecule has 1 aliphatic heterocycles. The number of allylic oxidation sites excluding steroid dienone is 1. The third kappa shape index (κ3) is 4.20. The molecule has 0 atom stereocenters. The molecule has 7 nitrogen and oxygen atoms in total. The van der Waals surface area contributed by atoms with Crippen molar-refractivity contribution < 1.29 is 9.13 Å². The lowest BCUT2D eigenvalue weighted by atomic mass is 10.1. The maximum Gasteiger partial charge on any atom is 0.224 e. The van der Waals surface area contributed by atoms with Gasteiger partial charge >= 0.3 is 0 Å². The molecule has 1 aliphatic carbocycles. The molecule has 2 aliphatic rings. The number of hydrogen-bond donors (Lipinski definition) is 2. The minimum Gasteiger partial charge on any atom is -0.436 e. The Labute approximate surface area is 180 Å². The van der Waals surface area contributed by atoms with E-state index in [4.69, 9.17) is 4.74 Å². The Balaban J connectivity index is 1.29. The van der Waals surface area contributed by atoms with E-state index in [0.717, 1.165) is 49.4 Å². The average molecular weight is 418 g/mol. The van der Waals surface area contributed by atoms with Gasteiger partial charge in [0.1, 0.15) is 18.0 Å². The van der Waals surface area contributed by atoms with E-state index in [1.54, 1.807) is 12.1 Å². The van der Waals surface area contributed by atoms with Crippen molar-refractivity contribution in [2.45, 2.75) is 13.3 Å². The van der Waals surface area contributed by atoms with E-state index in [0.29, 0.717) is 17.2 Å². The van der Waals surface area contributed by atoms with Crippen molar-refractivity contribution in [3.8, 4) is 11.6 Å². The largest absolute Gasteiger partial charge is 0.436 e. The molecular weight excluding hydrogens is 395 g/mol. The van der Waals surface area contributed by atoms with Crippen LogP contribution in [0.3, 0.4) is 0 Å². The minimum absolute atomic E-state index is 0.146. The van der Waals surface area contributed by atoms with E-state index in [1.165, 1.54) is 6.33 Å². The van der Waals surface area contributed by atoms with Gasteiger partial charge < -0.3 is 20.3 Å². The fourth-order valence-corrected chi connectivity index (χ4v) is 3.88. The third-order valence-electron chi connectivity index (χ3n) is 5.44. The molecule has 1 saturated heterocycles. The summed E-state index contributed by atoms with van der Waals surface area (Å²) in [6.45, 7) is 5.88. The molecule has 0 bridgehead atoms. The van der Waals surface area contributed by atoms with Gasteiger partial charge in [-0.05, 0) is 37.1 Å². The van der Waals surface area contributed by atoms with Crippen LogP contribution < -0.4 is 20.3 Å². The zero-order valence-corrected chi connectivity index (χ0v) is 17.2. The number of nitrogens with zero attached hydrogens (tertiary/aromatic N) is 4. The molecule has 8 heteroatoms. The molecule has 0 radical (unpaired) electrons. The second-order valence-electron chi connectivity index (χ2n) is 7.73. The average Bonchev–Trinajstić information content (AvgIpc) is 3.18. The summed E-state index contributed by atoms with van der Waals surface area (Å²) < 4.78 is 20.5. The highest BCUT2D eigenvalue weighted by molar-refractivity contribution is 5.66. The number of ether oxygens (including phenoxy) is 1. The molecule has 158 valence electrons. The van der Waals surface area contributed by atoms with Gasteiger partial charge in [-0.25, -0.2) is 19.3 Å². The van der Waals surface area contributed by atoms with E-state index < -0.39 is 0 Å². The fraction of sp³-hybridized carbons (Fsp3) is 0.261. The van der Waals surface area contributed by atoms with Gasteiger partial charge in [-0.15, -0.1) is 0 Å². The summed E-state index contributed by atoms with van der Waals surface area (Å²) in [4.78, 5) is 15.1. The van der Waals surface area contributed by atoms with Crippen molar-refractivity contribution in [2.75, 3.05) is 36.4 Å². The SMILES string of the molecule is CC1=Cc2c(ccc(Oc3cc(Nc4ccc(N5CCNCC5)cn4)ncn3)c2F)C1. The molecule has 5 rings (SSSR count). The predicted molar refractivity (Wildman–Crippen MR) is 118 cm³/mol. The summed E-state index contributed by atoms with van der Waals surface area (Å²) in [5, 5.41) is 6.49. The molecule has 1 aromatic carbocycles. The Bertz CT molecular complexity index is 1130. The van der Waals surface area contributed by atoms with E-state index in [2.05, 4.69) is 30.5 Å². The predicted octanol–water partition coefficient (Wildman–Crippen LogP) is 3.92. The third-order valence-corrected chi connectivity index (χ3v) is 5.44. The molecule has 3 heterocycles. The normalized spacial score (nSPS) is 15.4. The molecular formula is C23H23FN6O. The molecule has 2 N–H and O–H groups in total. The van der Waals surface area contributed by atoms with Crippen LogP contribution in [0.2, 0.25) is 0 Å². The molecule has 0 saturated carbocycles. The van der Waals surface area contributed by atoms with E-state index in [1.807, 2.05) is 37.4 Å². The molecule has 3 aromatic rings. The lowest BCUT2D eigenvalue weighted by molar-refractivity contribution is 0.426. The summed E-state index contributed by atoms with van der Waals surface area (Å²) in [5.74, 6) is 1.21.